The molecule has 1 unspecified atom stereocenters. The Morgan fingerprint density at radius 3 is 2.29 bits per heavy atom. The number of para-hydroxylation sites is 1. The molecule has 6 heteroatoms. The van der Waals surface area contributed by atoms with Gasteiger partial charge in [-0.2, -0.15) is 0 Å². The number of benzene rings is 1. The molecule has 3 N–H and O–H groups in total. The molecule has 1 rings (SSSR count). The van der Waals surface area contributed by atoms with Gasteiger partial charge in [0.05, 0.1) is 5.60 Å². The summed E-state index contributed by atoms with van der Waals surface area (Å²) in [6.07, 6.45) is 0. The van der Waals surface area contributed by atoms with Gasteiger partial charge in [0.2, 0.25) is 0 Å². The first kappa shape index (κ1) is 23.0. The van der Waals surface area contributed by atoms with E-state index in [9.17, 15) is 0 Å². The zero-order valence-corrected chi connectivity index (χ0v) is 18.0. The van der Waals surface area contributed by atoms with Gasteiger partial charge in [-0.3, -0.25) is 4.99 Å². The maximum Gasteiger partial charge on any atom is 0.191 e. The zero-order valence-electron chi connectivity index (χ0n) is 15.7. The van der Waals surface area contributed by atoms with Crippen molar-refractivity contribution in [3.63, 3.8) is 0 Å². The Morgan fingerprint density at radius 2 is 1.79 bits per heavy atom. The summed E-state index contributed by atoms with van der Waals surface area (Å²) >= 11 is 0. The van der Waals surface area contributed by atoms with Crippen LogP contribution in [-0.2, 0) is 4.74 Å². The van der Waals surface area contributed by atoms with E-state index in [1.54, 1.807) is 14.2 Å². The number of methoxy groups -OCH3 is 1. The highest BCUT2D eigenvalue weighted by Crippen LogP contribution is 2.11. The largest absolute Gasteiger partial charge is 0.380 e. The van der Waals surface area contributed by atoms with Gasteiger partial charge < -0.3 is 20.7 Å². The molecule has 138 valence electrons. The molecule has 0 aliphatic carbocycles. The van der Waals surface area contributed by atoms with E-state index in [1.807, 2.05) is 32.0 Å². The van der Waals surface area contributed by atoms with Crippen molar-refractivity contribution in [3.8, 4) is 0 Å². The van der Waals surface area contributed by atoms with E-state index in [2.05, 4.69) is 46.9 Å². The smallest absolute Gasteiger partial charge is 0.191 e. The van der Waals surface area contributed by atoms with Gasteiger partial charge in [-0.1, -0.05) is 32.0 Å². The Morgan fingerprint density at radius 1 is 1.17 bits per heavy atom. The van der Waals surface area contributed by atoms with Crippen molar-refractivity contribution in [1.29, 1.82) is 0 Å². The number of aliphatic imine (C=N–C) groups is 1. The molecule has 0 fully saturated rings. The van der Waals surface area contributed by atoms with Gasteiger partial charge >= 0.3 is 0 Å². The zero-order chi connectivity index (χ0) is 17.3. The molecular formula is C18H33IN4O. The molecule has 0 aliphatic rings. The summed E-state index contributed by atoms with van der Waals surface area (Å²) in [5, 5.41) is 10.3. The normalized spacial score (nSPS) is 13.2. The Bertz CT molecular complexity index is 477. The first-order valence-corrected chi connectivity index (χ1v) is 8.19. The van der Waals surface area contributed by atoms with Gasteiger partial charge in [0, 0.05) is 39.0 Å². The molecule has 0 radical (unpaired) electrons. The predicted octanol–water partition coefficient (Wildman–Crippen LogP) is 3.33. The van der Waals surface area contributed by atoms with Crippen LogP contribution in [0.1, 0.15) is 27.7 Å². The summed E-state index contributed by atoms with van der Waals surface area (Å²) in [5.41, 5.74) is 0.911. The minimum Gasteiger partial charge on any atom is -0.380 e. The Hall–Kier alpha value is -1.02. The number of halogens is 1. The Labute approximate surface area is 164 Å². The number of ether oxygens (including phenoxy) is 1. The summed E-state index contributed by atoms with van der Waals surface area (Å²) in [4.78, 5) is 4.27. The van der Waals surface area contributed by atoms with Crippen molar-refractivity contribution in [2.45, 2.75) is 39.3 Å². The average molecular weight is 448 g/mol. The fourth-order valence-corrected chi connectivity index (χ4v) is 2.00. The first-order valence-electron chi connectivity index (χ1n) is 8.19. The quantitative estimate of drug-likeness (QED) is 0.325. The van der Waals surface area contributed by atoms with E-state index in [0.29, 0.717) is 18.5 Å². The molecular weight excluding hydrogens is 415 g/mol. The second kappa shape index (κ2) is 11.5. The van der Waals surface area contributed by atoms with Crippen molar-refractivity contribution in [1.82, 2.24) is 10.6 Å². The first-order chi connectivity index (χ1) is 10.9. The van der Waals surface area contributed by atoms with Crippen LogP contribution in [0.5, 0.6) is 0 Å². The fraction of sp³-hybridized carbons (Fsp3) is 0.611. The molecule has 5 nitrogen and oxygen atoms in total. The van der Waals surface area contributed by atoms with Crippen molar-refractivity contribution in [2.24, 2.45) is 10.9 Å². The number of rotatable bonds is 8. The summed E-state index contributed by atoms with van der Waals surface area (Å²) < 4.78 is 5.42. The third-order valence-corrected chi connectivity index (χ3v) is 3.88. The van der Waals surface area contributed by atoms with Crippen molar-refractivity contribution in [2.75, 3.05) is 32.6 Å². The van der Waals surface area contributed by atoms with Gasteiger partial charge in [0.1, 0.15) is 0 Å². The van der Waals surface area contributed by atoms with E-state index in [4.69, 9.17) is 4.74 Å². The number of hydrogen-bond acceptors (Lipinski definition) is 3. The van der Waals surface area contributed by atoms with E-state index < -0.39 is 0 Å². The van der Waals surface area contributed by atoms with Crippen LogP contribution in [0.4, 0.5) is 5.69 Å². The molecule has 1 aromatic rings. The van der Waals surface area contributed by atoms with Crippen molar-refractivity contribution >= 4 is 35.6 Å². The molecule has 0 spiro atoms. The molecule has 24 heavy (non-hydrogen) atoms. The Kier molecular flexibility index (Phi) is 11.0. The van der Waals surface area contributed by atoms with Crippen LogP contribution in [0.25, 0.3) is 0 Å². The van der Waals surface area contributed by atoms with Gasteiger partial charge in [0.25, 0.3) is 0 Å². The molecule has 0 heterocycles. The van der Waals surface area contributed by atoms with Crippen LogP contribution in [-0.4, -0.2) is 44.8 Å². The van der Waals surface area contributed by atoms with E-state index in [-0.39, 0.29) is 29.6 Å². The maximum absolute atomic E-state index is 5.42. The van der Waals surface area contributed by atoms with Gasteiger partial charge in [-0.25, -0.2) is 0 Å². The molecule has 0 aliphatic heterocycles. The molecule has 0 aromatic heterocycles. The van der Waals surface area contributed by atoms with Crippen LogP contribution < -0.4 is 16.0 Å². The predicted molar refractivity (Wildman–Crippen MR) is 115 cm³/mol. The van der Waals surface area contributed by atoms with E-state index >= 15 is 0 Å². The summed E-state index contributed by atoms with van der Waals surface area (Å²) in [6.45, 7) is 10.0. The average Bonchev–Trinajstić information content (AvgIpc) is 2.54. The van der Waals surface area contributed by atoms with Crippen LogP contribution in [0, 0.1) is 5.92 Å². The molecule has 1 atom stereocenters. The topological polar surface area (TPSA) is 57.7 Å². The lowest BCUT2D eigenvalue weighted by molar-refractivity contribution is 0.0268. The monoisotopic (exact) mass is 448 g/mol. The highest BCUT2D eigenvalue weighted by atomic mass is 127. The van der Waals surface area contributed by atoms with Crippen LogP contribution >= 0.6 is 24.0 Å². The highest BCUT2D eigenvalue weighted by molar-refractivity contribution is 14.0. The lowest BCUT2D eigenvalue weighted by Crippen LogP contribution is -2.48. The molecule has 0 bridgehead atoms. The van der Waals surface area contributed by atoms with Crippen molar-refractivity contribution in [3.05, 3.63) is 30.3 Å². The lowest BCUT2D eigenvalue weighted by Gasteiger charge is -2.27. The summed E-state index contributed by atoms with van der Waals surface area (Å²) in [6, 6.07) is 10.6. The number of hydrogen-bond donors (Lipinski definition) is 3. The standard InChI is InChI=1S/C18H32N4O.HI/c1-14(2)16(22-15-10-8-7-9-11-15)12-20-17(19-5)21-13-18(3,4)23-6;/h7-11,14,16,22H,12-13H2,1-6H3,(H2,19,20,21);1H. The van der Waals surface area contributed by atoms with Gasteiger partial charge in [-0.15, -0.1) is 24.0 Å². The fourth-order valence-electron chi connectivity index (χ4n) is 2.00. The Balaban J connectivity index is 0.00000529. The van der Waals surface area contributed by atoms with Crippen LogP contribution in [0.15, 0.2) is 35.3 Å². The van der Waals surface area contributed by atoms with E-state index in [0.717, 1.165) is 18.2 Å². The number of guanidine groups is 1. The number of anilines is 1. The molecule has 1 aromatic carbocycles. The molecule has 0 amide bonds. The van der Waals surface area contributed by atoms with Crippen LogP contribution in [0.2, 0.25) is 0 Å². The summed E-state index contributed by atoms with van der Waals surface area (Å²) in [7, 11) is 3.50. The third kappa shape index (κ3) is 8.73. The van der Waals surface area contributed by atoms with Crippen molar-refractivity contribution < 1.29 is 4.74 Å². The molecule has 0 saturated heterocycles. The number of nitrogens with one attached hydrogen (secondary N) is 3. The number of nitrogens with zero attached hydrogens (tertiary/aromatic N) is 1. The van der Waals surface area contributed by atoms with Gasteiger partial charge in [-0.05, 0) is 31.9 Å². The minimum atomic E-state index is -0.225. The van der Waals surface area contributed by atoms with Gasteiger partial charge in [0.15, 0.2) is 5.96 Å². The minimum absolute atomic E-state index is 0. The van der Waals surface area contributed by atoms with E-state index in [1.165, 1.54) is 0 Å². The molecule has 0 saturated carbocycles. The lowest BCUT2D eigenvalue weighted by atomic mass is 10.0. The SMILES string of the molecule is CN=C(NCC(Nc1ccccc1)C(C)C)NCC(C)(C)OC.I. The second-order valence-electron chi connectivity index (χ2n) is 6.63. The van der Waals surface area contributed by atoms with Crippen LogP contribution in [0.3, 0.4) is 0 Å². The highest BCUT2D eigenvalue weighted by Gasteiger charge is 2.18. The third-order valence-electron chi connectivity index (χ3n) is 3.88. The maximum atomic E-state index is 5.42. The summed E-state index contributed by atoms with van der Waals surface area (Å²) in [5.74, 6) is 1.28. The second-order valence-corrected chi connectivity index (χ2v) is 6.63.